The summed E-state index contributed by atoms with van der Waals surface area (Å²) < 4.78 is 57.8. The van der Waals surface area contributed by atoms with Crippen molar-refractivity contribution in [1.82, 2.24) is 0 Å². The number of hydrogen-bond donors (Lipinski definition) is 0. The second-order valence-corrected chi connectivity index (χ2v) is 6.39. The molecule has 100 valence electrons. The van der Waals surface area contributed by atoms with Crippen LogP contribution in [0.3, 0.4) is 0 Å². The third-order valence-corrected chi connectivity index (χ3v) is 4.00. The zero-order valence-corrected chi connectivity index (χ0v) is 10.6. The van der Waals surface area contributed by atoms with E-state index in [0.717, 1.165) is 6.07 Å². The molecule has 0 spiro atoms. The van der Waals surface area contributed by atoms with E-state index < -0.39 is 15.3 Å². The number of benzene rings is 2. The predicted octanol–water partition coefficient (Wildman–Crippen LogP) is 3.09. The second-order valence-electron chi connectivity index (χ2n) is 3.85. The van der Waals surface area contributed by atoms with Gasteiger partial charge in [0.05, 0.1) is 4.90 Å². The van der Waals surface area contributed by atoms with E-state index in [0.29, 0.717) is 0 Å². The Morgan fingerprint density at radius 3 is 2.37 bits per heavy atom. The van der Waals surface area contributed by atoms with E-state index in [1.54, 1.807) is 12.1 Å². The van der Waals surface area contributed by atoms with Crippen LogP contribution in [-0.4, -0.2) is 14.7 Å². The molecule has 2 aromatic carbocycles. The van der Waals surface area contributed by atoms with Gasteiger partial charge in [0.2, 0.25) is 0 Å². The minimum Gasteiger partial charge on any atom is -0.395 e. The Hall–Kier alpha value is -1.60. The highest BCUT2D eigenvalue weighted by molar-refractivity contribution is 8.14. The van der Waals surface area contributed by atoms with Crippen LogP contribution < -0.4 is 9.47 Å². The van der Waals surface area contributed by atoms with E-state index in [1.807, 2.05) is 0 Å². The maximum Gasteiger partial charge on any atom is 0.586 e. The fourth-order valence-corrected chi connectivity index (χ4v) is 3.01. The first-order chi connectivity index (χ1) is 8.78. The summed E-state index contributed by atoms with van der Waals surface area (Å²) in [6.45, 7) is 0. The van der Waals surface area contributed by atoms with Crippen LogP contribution in [0.1, 0.15) is 0 Å². The standard InChI is InChI=1S/C11H5ClF2O4S/c12-19(15,16)9-5-8-10(18-11(13,14)17-8)7-4-2-1-3-6(7)9/h1-5H. The Morgan fingerprint density at radius 1 is 1.11 bits per heavy atom. The van der Waals surface area contributed by atoms with Gasteiger partial charge in [0.1, 0.15) is 0 Å². The van der Waals surface area contributed by atoms with Gasteiger partial charge in [-0.3, -0.25) is 0 Å². The molecule has 0 bridgehead atoms. The van der Waals surface area contributed by atoms with Crippen LogP contribution in [0.15, 0.2) is 35.2 Å². The first kappa shape index (κ1) is 12.4. The second kappa shape index (κ2) is 3.71. The topological polar surface area (TPSA) is 52.6 Å². The highest BCUT2D eigenvalue weighted by Crippen LogP contribution is 2.48. The summed E-state index contributed by atoms with van der Waals surface area (Å²) in [5.41, 5.74) is 0. The van der Waals surface area contributed by atoms with Gasteiger partial charge >= 0.3 is 6.29 Å². The Kier molecular flexibility index (Phi) is 2.42. The number of rotatable bonds is 1. The van der Waals surface area contributed by atoms with Crippen molar-refractivity contribution in [2.45, 2.75) is 11.2 Å². The lowest BCUT2D eigenvalue weighted by Crippen LogP contribution is -2.26. The predicted molar refractivity (Wildman–Crippen MR) is 63.2 cm³/mol. The Labute approximate surface area is 110 Å². The highest BCUT2D eigenvalue weighted by atomic mass is 35.7. The van der Waals surface area contributed by atoms with Gasteiger partial charge in [-0.2, -0.15) is 0 Å². The molecule has 0 amide bonds. The van der Waals surface area contributed by atoms with E-state index in [4.69, 9.17) is 10.7 Å². The zero-order valence-electron chi connectivity index (χ0n) is 9.06. The molecule has 1 aliphatic heterocycles. The Morgan fingerprint density at radius 2 is 1.74 bits per heavy atom. The lowest BCUT2D eigenvalue weighted by Gasteiger charge is -2.06. The molecular formula is C11H5ClF2O4S. The van der Waals surface area contributed by atoms with Crippen LogP contribution in [0.5, 0.6) is 11.5 Å². The van der Waals surface area contributed by atoms with E-state index in [-0.39, 0.29) is 27.2 Å². The highest BCUT2D eigenvalue weighted by Gasteiger charge is 2.45. The van der Waals surface area contributed by atoms with Gasteiger partial charge in [-0.1, -0.05) is 24.3 Å². The fourth-order valence-electron chi connectivity index (χ4n) is 1.94. The van der Waals surface area contributed by atoms with E-state index in [9.17, 15) is 17.2 Å². The normalized spacial score (nSPS) is 16.8. The van der Waals surface area contributed by atoms with Gasteiger partial charge in [0.25, 0.3) is 9.05 Å². The summed E-state index contributed by atoms with van der Waals surface area (Å²) >= 11 is 0. The number of fused-ring (bicyclic) bond motifs is 3. The number of hydrogen-bond acceptors (Lipinski definition) is 4. The van der Waals surface area contributed by atoms with E-state index in [1.165, 1.54) is 12.1 Å². The third kappa shape index (κ3) is 1.98. The minimum atomic E-state index is -4.10. The average molecular weight is 307 g/mol. The van der Waals surface area contributed by atoms with Crippen molar-refractivity contribution in [3.8, 4) is 11.5 Å². The molecule has 0 saturated carbocycles. The molecule has 0 fully saturated rings. The molecule has 1 heterocycles. The smallest absolute Gasteiger partial charge is 0.395 e. The molecule has 0 aromatic heterocycles. The number of halogens is 3. The van der Waals surface area contributed by atoms with Crippen molar-refractivity contribution in [1.29, 1.82) is 0 Å². The first-order valence-electron chi connectivity index (χ1n) is 5.04. The van der Waals surface area contributed by atoms with Crippen molar-refractivity contribution >= 4 is 30.5 Å². The van der Waals surface area contributed by atoms with Gasteiger partial charge in [-0.05, 0) is 0 Å². The molecule has 2 aromatic rings. The van der Waals surface area contributed by atoms with Crippen LogP contribution in [0.4, 0.5) is 8.78 Å². The van der Waals surface area contributed by atoms with Crippen molar-refractivity contribution < 1.29 is 26.7 Å². The molecule has 0 saturated heterocycles. The van der Waals surface area contributed by atoms with Gasteiger partial charge in [0, 0.05) is 27.5 Å². The van der Waals surface area contributed by atoms with Crippen LogP contribution in [0.25, 0.3) is 10.8 Å². The first-order valence-corrected chi connectivity index (χ1v) is 7.35. The number of ether oxygens (including phenoxy) is 2. The largest absolute Gasteiger partial charge is 0.586 e. The molecule has 1 aliphatic rings. The minimum absolute atomic E-state index is 0.191. The van der Waals surface area contributed by atoms with Crippen molar-refractivity contribution in [3.63, 3.8) is 0 Å². The quantitative estimate of drug-likeness (QED) is 0.760. The van der Waals surface area contributed by atoms with Crippen LogP contribution in [0, 0.1) is 0 Å². The van der Waals surface area contributed by atoms with Crippen molar-refractivity contribution in [3.05, 3.63) is 30.3 Å². The molecular weight excluding hydrogens is 302 g/mol. The van der Waals surface area contributed by atoms with Crippen molar-refractivity contribution in [2.75, 3.05) is 0 Å². The lowest BCUT2D eigenvalue weighted by atomic mass is 10.1. The molecule has 4 nitrogen and oxygen atoms in total. The Bertz CT molecular complexity index is 789. The number of alkyl halides is 2. The maximum atomic E-state index is 13.1. The van der Waals surface area contributed by atoms with Gasteiger partial charge in [0.15, 0.2) is 11.5 Å². The maximum absolute atomic E-state index is 13.1. The molecule has 8 heteroatoms. The van der Waals surface area contributed by atoms with E-state index in [2.05, 4.69) is 9.47 Å². The van der Waals surface area contributed by atoms with Gasteiger partial charge in [-0.25, -0.2) is 8.42 Å². The molecule has 0 radical (unpaired) electrons. The SMILES string of the molecule is O=S(=O)(Cl)c1cc2c(c3ccccc13)OC(F)(F)O2. The van der Waals surface area contributed by atoms with E-state index >= 15 is 0 Å². The lowest BCUT2D eigenvalue weighted by molar-refractivity contribution is -0.286. The van der Waals surface area contributed by atoms with Crippen molar-refractivity contribution in [2.24, 2.45) is 0 Å². The molecule has 19 heavy (non-hydrogen) atoms. The Balaban J connectivity index is 2.42. The summed E-state index contributed by atoms with van der Waals surface area (Å²) in [5.74, 6) is -0.562. The summed E-state index contributed by atoms with van der Waals surface area (Å²) in [6, 6.07) is 6.96. The monoisotopic (exact) mass is 306 g/mol. The molecule has 0 unspecified atom stereocenters. The summed E-state index contributed by atoms with van der Waals surface area (Å²) in [4.78, 5) is -0.301. The summed E-state index contributed by atoms with van der Waals surface area (Å²) in [5, 5.41) is 0.383. The van der Waals surface area contributed by atoms with Crippen LogP contribution in [0.2, 0.25) is 0 Å². The molecule has 0 atom stereocenters. The fraction of sp³-hybridized carbons (Fsp3) is 0.0909. The molecule has 0 aliphatic carbocycles. The van der Waals surface area contributed by atoms with Gasteiger partial charge in [-0.15, -0.1) is 8.78 Å². The summed E-state index contributed by atoms with van der Waals surface area (Å²) in [6.07, 6.45) is -3.82. The molecule has 3 rings (SSSR count). The average Bonchev–Trinajstić information content (AvgIpc) is 2.61. The third-order valence-electron chi connectivity index (χ3n) is 2.64. The van der Waals surface area contributed by atoms with Crippen LogP contribution in [-0.2, 0) is 9.05 Å². The van der Waals surface area contributed by atoms with Gasteiger partial charge < -0.3 is 9.47 Å². The molecule has 0 N–H and O–H groups in total. The zero-order chi connectivity index (χ0) is 13.8. The van der Waals surface area contributed by atoms with Crippen LogP contribution >= 0.6 is 10.7 Å². The summed E-state index contributed by atoms with van der Waals surface area (Å²) in [7, 11) is 1.20.